The van der Waals surface area contributed by atoms with E-state index in [0.717, 1.165) is 19.3 Å². The summed E-state index contributed by atoms with van der Waals surface area (Å²) in [6, 6.07) is 4.69. The average molecular weight is 277 g/mol. The maximum Gasteiger partial charge on any atom is 0.272 e. The highest BCUT2D eigenvalue weighted by atomic mass is 16.6. The number of nitro benzene ring substituents is 1. The van der Waals surface area contributed by atoms with Gasteiger partial charge < -0.3 is 11.1 Å². The fraction of sp³-hybridized carbons (Fsp3) is 0.500. The van der Waals surface area contributed by atoms with Crippen LogP contribution in [0.15, 0.2) is 18.2 Å². The number of nitro groups is 1. The van der Waals surface area contributed by atoms with E-state index in [-0.39, 0.29) is 23.6 Å². The Morgan fingerprint density at radius 3 is 2.80 bits per heavy atom. The van der Waals surface area contributed by atoms with Crippen molar-refractivity contribution < 1.29 is 9.72 Å². The Morgan fingerprint density at radius 2 is 2.20 bits per heavy atom. The first-order valence-electron chi connectivity index (χ1n) is 6.79. The number of hydrogen-bond acceptors (Lipinski definition) is 4. The Bertz CT molecular complexity index is 530. The molecule has 0 spiro atoms. The van der Waals surface area contributed by atoms with Gasteiger partial charge in [-0.25, -0.2) is 0 Å². The van der Waals surface area contributed by atoms with Crippen molar-refractivity contribution in [1.29, 1.82) is 0 Å². The number of anilines is 1. The molecular formula is C14H19N3O3. The second-order valence-corrected chi connectivity index (χ2v) is 5.37. The van der Waals surface area contributed by atoms with Gasteiger partial charge in [0.2, 0.25) is 5.91 Å². The van der Waals surface area contributed by atoms with Gasteiger partial charge in [0.1, 0.15) is 0 Å². The van der Waals surface area contributed by atoms with Gasteiger partial charge >= 0.3 is 0 Å². The van der Waals surface area contributed by atoms with E-state index in [0.29, 0.717) is 17.7 Å². The van der Waals surface area contributed by atoms with Crippen molar-refractivity contribution >= 4 is 17.3 Å². The predicted octanol–water partition coefficient (Wildman–Crippen LogP) is 2.36. The monoisotopic (exact) mass is 277 g/mol. The van der Waals surface area contributed by atoms with Crippen molar-refractivity contribution in [2.75, 3.05) is 5.32 Å². The number of nitrogens with zero attached hydrogens (tertiary/aromatic N) is 1. The number of carbonyl (C=O) groups is 1. The summed E-state index contributed by atoms with van der Waals surface area (Å²) in [5, 5.41) is 13.6. The summed E-state index contributed by atoms with van der Waals surface area (Å²) in [6.45, 7) is 1.66. The van der Waals surface area contributed by atoms with E-state index in [9.17, 15) is 14.9 Å². The number of amides is 1. The fourth-order valence-corrected chi connectivity index (χ4v) is 2.65. The van der Waals surface area contributed by atoms with E-state index in [1.54, 1.807) is 19.1 Å². The molecule has 3 N–H and O–H groups in total. The molecule has 0 saturated heterocycles. The lowest BCUT2D eigenvalue weighted by atomic mass is 9.85. The molecule has 6 nitrogen and oxygen atoms in total. The van der Waals surface area contributed by atoms with Crippen molar-refractivity contribution in [1.82, 2.24) is 0 Å². The van der Waals surface area contributed by atoms with Crippen molar-refractivity contribution in [3.05, 3.63) is 33.9 Å². The normalized spacial score (nSPS) is 22.3. The Labute approximate surface area is 117 Å². The summed E-state index contributed by atoms with van der Waals surface area (Å²) >= 11 is 0. The number of benzene rings is 1. The molecule has 1 aromatic rings. The third-order valence-corrected chi connectivity index (χ3v) is 3.75. The molecule has 6 heteroatoms. The molecule has 2 atom stereocenters. The minimum absolute atomic E-state index is 0.0478. The molecule has 0 radical (unpaired) electrons. The molecule has 20 heavy (non-hydrogen) atoms. The summed E-state index contributed by atoms with van der Waals surface area (Å²) in [6.07, 6.45) is 3.50. The predicted molar refractivity (Wildman–Crippen MR) is 76.4 cm³/mol. The number of carbonyl (C=O) groups excluding carboxylic acids is 1. The first-order valence-corrected chi connectivity index (χ1v) is 6.79. The quantitative estimate of drug-likeness (QED) is 0.654. The van der Waals surface area contributed by atoms with Gasteiger partial charge in [-0.3, -0.25) is 14.9 Å². The molecule has 1 fully saturated rings. The minimum atomic E-state index is -0.429. The summed E-state index contributed by atoms with van der Waals surface area (Å²) in [5.74, 6) is -0.109. The summed E-state index contributed by atoms with van der Waals surface area (Å²) in [5.41, 5.74) is 7.07. The van der Waals surface area contributed by atoms with Crippen LogP contribution in [0.2, 0.25) is 0 Å². The van der Waals surface area contributed by atoms with E-state index >= 15 is 0 Å². The van der Waals surface area contributed by atoms with Gasteiger partial charge in [0.25, 0.3) is 5.69 Å². The highest BCUT2D eigenvalue weighted by molar-refractivity contribution is 5.92. The number of hydrogen-bond donors (Lipinski definition) is 2. The smallest absolute Gasteiger partial charge is 0.272 e. The van der Waals surface area contributed by atoms with Crippen LogP contribution < -0.4 is 11.1 Å². The molecule has 0 aromatic heterocycles. The molecule has 2 rings (SSSR count). The SMILES string of the molecule is Cc1cc(NC(=O)C2CCCC(N)C2)ccc1[N+](=O)[O-]. The summed E-state index contributed by atoms with van der Waals surface area (Å²) in [7, 11) is 0. The molecule has 0 bridgehead atoms. The Kier molecular flexibility index (Phi) is 4.34. The topological polar surface area (TPSA) is 98.3 Å². The average Bonchev–Trinajstić information content (AvgIpc) is 2.38. The summed E-state index contributed by atoms with van der Waals surface area (Å²) < 4.78 is 0. The lowest BCUT2D eigenvalue weighted by Gasteiger charge is -2.25. The summed E-state index contributed by atoms with van der Waals surface area (Å²) in [4.78, 5) is 22.5. The molecule has 1 saturated carbocycles. The van der Waals surface area contributed by atoms with Gasteiger partial charge in [-0.2, -0.15) is 0 Å². The van der Waals surface area contributed by atoms with Gasteiger partial charge in [0.05, 0.1) is 4.92 Å². The highest BCUT2D eigenvalue weighted by Crippen LogP contribution is 2.26. The maximum absolute atomic E-state index is 12.1. The number of rotatable bonds is 3. The standard InChI is InChI=1S/C14H19N3O3/c1-9-7-12(5-6-13(9)17(19)20)16-14(18)10-3-2-4-11(15)8-10/h5-7,10-11H,2-4,8,15H2,1H3,(H,16,18). The zero-order chi connectivity index (χ0) is 14.7. The Balaban J connectivity index is 2.04. The number of aryl methyl sites for hydroxylation is 1. The van der Waals surface area contributed by atoms with Gasteiger partial charge in [-0.1, -0.05) is 6.42 Å². The van der Waals surface area contributed by atoms with Gasteiger partial charge in [-0.05, 0) is 38.3 Å². The molecule has 1 aliphatic rings. The minimum Gasteiger partial charge on any atom is -0.328 e. The van der Waals surface area contributed by atoms with Crippen LogP contribution in [0, 0.1) is 23.0 Å². The number of nitrogens with two attached hydrogens (primary N) is 1. The zero-order valence-electron chi connectivity index (χ0n) is 11.5. The van der Waals surface area contributed by atoms with Crippen LogP contribution in [-0.4, -0.2) is 16.9 Å². The van der Waals surface area contributed by atoms with Crippen LogP contribution in [-0.2, 0) is 4.79 Å². The van der Waals surface area contributed by atoms with Crippen molar-refractivity contribution in [2.45, 2.75) is 38.6 Å². The molecular weight excluding hydrogens is 258 g/mol. The second-order valence-electron chi connectivity index (χ2n) is 5.37. The zero-order valence-corrected chi connectivity index (χ0v) is 11.5. The lowest BCUT2D eigenvalue weighted by molar-refractivity contribution is -0.385. The Hall–Kier alpha value is -1.95. The van der Waals surface area contributed by atoms with E-state index in [2.05, 4.69) is 5.32 Å². The Morgan fingerprint density at radius 1 is 1.45 bits per heavy atom. The van der Waals surface area contributed by atoms with Gasteiger partial charge in [0.15, 0.2) is 0 Å². The van der Waals surface area contributed by atoms with E-state index in [1.807, 2.05) is 0 Å². The van der Waals surface area contributed by atoms with Crippen LogP contribution in [0.25, 0.3) is 0 Å². The molecule has 2 unspecified atom stereocenters. The maximum atomic E-state index is 12.1. The first-order chi connectivity index (χ1) is 9.47. The van der Waals surface area contributed by atoms with Crippen molar-refractivity contribution in [2.24, 2.45) is 11.7 Å². The van der Waals surface area contributed by atoms with Gasteiger partial charge in [-0.15, -0.1) is 0 Å². The molecule has 0 heterocycles. The lowest BCUT2D eigenvalue weighted by Crippen LogP contribution is -2.34. The fourth-order valence-electron chi connectivity index (χ4n) is 2.65. The molecule has 108 valence electrons. The van der Waals surface area contributed by atoms with Crippen LogP contribution >= 0.6 is 0 Å². The molecule has 1 aromatic carbocycles. The highest BCUT2D eigenvalue weighted by Gasteiger charge is 2.25. The van der Waals surface area contributed by atoms with Crippen molar-refractivity contribution in [3.8, 4) is 0 Å². The van der Waals surface area contributed by atoms with Crippen molar-refractivity contribution in [3.63, 3.8) is 0 Å². The second kappa shape index (κ2) is 6.00. The third-order valence-electron chi connectivity index (χ3n) is 3.75. The first kappa shape index (κ1) is 14.5. The van der Waals surface area contributed by atoms with Crippen LogP contribution in [0.1, 0.15) is 31.2 Å². The number of nitrogens with one attached hydrogen (secondary N) is 1. The molecule has 1 aliphatic carbocycles. The van der Waals surface area contributed by atoms with Gasteiger partial charge in [0, 0.05) is 29.3 Å². The van der Waals surface area contributed by atoms with Crippen LogP contribution in [0.5, 0.6) is 0 Å². The van der Waals surface area contributed by atoms with E-state index in [1.165, 1.54) is 6.07 Å². The van der Waals surface area contributed by atoms with E-state index in [4.69, 9.17) is 5.73 Å². The van der Waals surface area contributed by atoms with E-state index < -0.39 is 4.92 Å². The largest absolute Gasteiger partial charge is 0.328 e. The van der Waals surface area contributed by atoms with Crippen LogP contribution in [0.4, 0.5) is 11.4 Å². The third kappa shape index (κ3) is 3.33. The van der Waals surface area contributed by atoms with Crippen LogP contribution in [0.3, 0.4) is 0 Å². The molecule has 0 aliphatic heterocycles. The molecule has 1 amide bonds.